The zero-order chi connectivity index (χ0) is 19.4. The van der Waals surface area contributed by atoms with Crippen molar-refractivity contribution in [1.82, 2.24) is 14.9 Å². The first kappa shape index (κ1) is 19.2. The molecule has 0 aliphatic carbocycles. The van der Waals surface area contributed by atoms with E-state index in [1.165, 1.54) is 13.3 Å². The standard InChI is InChI=1S/C18H20BrN5O3/c1-23-7-9-24(10-8-23)13-5-3-12(4-6-13)16(25)22-18-20-11-14(19)15(21-18)17(26)27-2/h3-6,11H,7-10H2,1-2H3,(H,20,21,22,25). The van der Waals surface area contributed by atoms with Crippen molar-refractivity contribution in [3.63, 3.8) is 0 Å². The molecule has 1 aromatic heterocycles. The number of anilines is 2. The van der Waals surface area contributed by atoms with Gasteiger partial charge in [0.1, 0.15) is 0 Å². The second-order valence-electron chi connectivity index (χ2n) is 6.17. The number of esters is 1. The van der Waals surface area contributed by atoms with E-state index < -0.39 is 5.97 Å². The summed E-state index contributed by atoms with van der Waals surface area (Å²) in [5.74, 6) is -0.930. The molecule has 0 bridgehead atoms. The lowest BCUT2D eigenvalue weighted by Gasteiger charge is -2.34. The van der Waals surface area contributed by atoms with E-state index in [9.17, 15) is 9.59 Å². The van der Waals surface area contributed by atoms with Crippen LogP contribution < -0.4 is 10.2 Å². The second-order valence-corrected chi connectivity index (χ2v) is 7.03. The predicted molar refractivity (Wildman–Crippen MR) is 105 cm³/mol. The van der Waals surface area contributed by atoms with Crippen molar-refractivity contribution in [2.45, 2.75) is 0 Å². The SMILES string of the molecule is COC(=O)c1nc(NC(=O)c2ccc(N3CCN(C)CC3)cc2)ncc1Br. The summed E-state index contributed by atoms with van der Waals surface area (Å²) in [6.45, 7) is 3.97. The number of methoxy groups -OCH3 is 1. The number of ether oxygens (including phenoxy) is 1. The molecule has 1 aromatic carbocycles. The predicted octanol–water partition coefficient (Wildman–Crippen LogP) is 2.03. The molecule has 1 fully saturated rings. The third-order valence-electron chi connectivity index (χ3n) is 4.35. The van der Waals surface area contributed by atoms with Gasteiger partial charge in [-0.05, 0) is 47.2 Å². The molecule has 1 saturated heterocycles. The highest BCUT2D eigenvalue weighted by atomic mass is 79.9. The van der Waals surface area contributed by atoms with Gasteiger partial charge in [-0.3, -0.25) is 10.1 Å². The first-order chi connectivity index (χ1) is 13.0. The Labute approximate surface area is 165 Å². The van der Waals surface area contributed by atoms with Gasteiger partial charge in [0.2, 0.25) is 5.95 Å². The minimum absolute atomic E-state index is 0.0340. The monoisotopic (exact) mass is 433 g/mol. The van der Waals surface area contributed by atoms with E-state index in [-0.39, 0.29) is 17.5 Å². The highest BCUT2D eigenvalue weighted by Gasteiger charge is 2.17. The van der Waals surface area contributed by atoms with E-state index in [1.807, 2.05) is 12.1 Å². The number of benzene rings is 1. The molecule has 3 rings (SSSR count). The van der Waals surface area contributed by atoms with Gasteiger partial charge in [0.05, 0.1) is 11.6 Å². The number of hydrogen-bond donors (Lipinski definition) is 1. The number of rotatable bonds is 4. The van der Waals surface area contributed by atoms with Gasteiger partial charge in [-0.1, -0.05) is 0 Å². The van der Waals surface area contributed by atoms with E-state index in [2.05, 4.69) is 52.8 Å². The quantitative estimate of drug-likeness (QED) is 0.737. The lowest BCUT2D eigenvalue weighted by molar-refractivity contribution is 0.0592. The number of nitrogens with one attached hydrogen (secondary N) is 1. The summed E-state index contributed by atoms with van der Waals surface area (Å²) in [7, 11) is 3.37. The Morgan fingerprint density at radius 1 is 1.15 bits per heavy atom. The largest absolute Gasteiger partial charge is 0.464 e. The smallest absolute Gasteiger partial charge is 0.358 e. The second kappa shape index (κ2) is 8.45. The van der Waals surface area contributed by atoms with Crippen LogP contribution in [0, 0.1) is 0 Å². The van der Waals surface area contributed by atoms with Crippen molar-refractivity contribution >= 4 is 39.4 Å². The number of piperazine rings is 1. The van der Waals surface area contributed by atoms with Gasteiger partial charge in [-0.25, -0.2) is 14.8 Å². The van der Waals surface area contributed by atoms with Crippen LogP contribution in [-0.2, 0) is 4.74 Å². The number of carbonyl (C=O) groups excluding carboxylic acids is 2. The molecular weight excluding hydrogens is 414 g/mol. The molecule has 1 aliphatic heterocycles. The van der Waals surface area contributed by atoms with Gasteiger partial charge >= 0.3 is 5.97 Å². The normalized spacial score (nSPS) is 14.7. The molecule has 0 unspecified atom stereocenters. The van der Waals surface area contributed by atoms with Crippen LogP contribution in [0.25, 0.3) is 0 Å². The minimum atomic E-state index is -0.615. The molecule has 8 nitrogen and oxygen atoms in total. The summed E-state index contributed by atoms with van der Waals surface area (Å²) in [5.41, 5.74) is 1.62. The number of amides is 1. The van der Waals surface area contributed by atoms with Crippen molar-refractivity contribution in [3.05, 3.63) is 46.2 Å². The van der Waals surface area contributed by atoms with E-state index in [1.54, 1.807) is 12.1 Å². The van der Waals surface area contributed by atoms with E-state index in [4.69, 9.17) is 0 Å². The number of halogens is 1. The van der Waals surface area contributed by atoms with Crippen molar-refractivity contribution in [1.29, 1.82) is 0 Å². The summed E-state index contributed by atoms with van der Waals surface area (Å²) >= 11 is 3.19. The zero-order valence-electron chi connectivity index (χ0n) is 15.1. The number of aromatic nitrogens is 2. The Kier molecular flexibility index (Phi) is 6.02. The van der Waals surface area contributed by atoms with Gasteiger partial charge in [0.25, 0.3) is 5.91 Å². The van der Waals surface area contributed by atoms with Crippen LogP contribution in [0.5, 0.6) is 0 Å². The van der Waals surface area contributed by atoms with E-state index in [0.717, 1.165) is 31.9 Å². The Hall–Kier alpha value is -2.52. The lowest BCUT2D eigenvalue weighted by atomic mass is 10.1. The summed E-state index contributed by atoms with van der Waals surface area (Å²) in [6.07, 6.45) is 1.39. The number of carbonyl (C=O) groups is 2. The van der Waals surface area contributed by atoms with Crippen LogP contribution in [0.4, 0.5) is 11.6 Å². The fourth-order valence-corrected chi connectivity index (χ4v) is 3.08. The van der Waals surface area contributed by atoms with E-state index in [0.29, 0.717) is 10.0 Å². The van der Waals surface area contributed by atoms with Gasteiger partial charge in [0.15, 0.2) is 5.69 Å². The van der Waals surface area contributed by atoms with Crippen molar-refractivity contribution < 1.29 is 14.3 Å². The molecular formula is C18H20BrN5O3. The molecule has 27 heavy (non-hydrogen) atoms. The van der Waals surface area contributed by atoms with Crippen LogP contribution in [0.1, 0.15) is 20.8 Å². The Balaban J connectivity index is 1.69. The van der Waals surface area contributed by atoms with Crippen LogP contribution in [0.3, 0.4) is 0 Å². The highest BCUT2D eigenvalue weighted by Crippen LogP contribution is 2.19. The Bertz CT molecular complexity index is 835. The molecule has 0 atom stereocenters. The average molecular weight is 434 g/mol. The number of nitrogens with zero attached hydrogens (tertiary/aromatic N) is 4. The van der Waals surface area contributed by atoms with Gasteiger partial charge in [-0.15, -0.1) is 0 Å². The van der Waals surface area contributed by atoms with Crippen molar-refractivity contribution in [3.8, 4) is 0 Å². The molecule has 1 amide bonds. The highest BCUT2D eigenvalue weighted by molar-refractivity contribution is 9.10. The minimum Gasteiger partial charge on any atom is -0.464 e. The summed E-state index contributed by atoms with van der Waals surface area (Å²) in [6, 6.07) is 7.40. The fourth-order valence-electron chi connectivity index (χ4n) is 2.73. The number of likely N-dealkylation sites (N-methyl/N-ethyl adjacent to an activating group) is 1. The lowest BCUT2D eigenvalue weighted by Crippen LogP contribution is -2.44. The third kappa shape index (κ3) is 4.61. The maximum atomic E-state index is 12.4. The molecule has 2 heterocycles. The van der Waals surface area contributed by atoms with E-state index >= 15 is 0 Å². The summed E-state index contributed by atoms with van der Waals surface area (Å²) in [4.78, 5) is 36.8. The third-order valence-corrected chi connectivity index (χ3v) is 4.93. The van der Waals surface area contributed by atoms with Crippen molar-refractivity contribution in [2.24, 2.45) is 0 Å². The molecule has 0 saturated carbocycles. The topological polar surface area (TPSA) is 87.7 Å². The van der Waals surface area contributed by atoms with Crippen LogP contribution in [0.2, 0.25) is 0 Å². The maximum Gasteiger partial charge on any atom is 0.358 e. The van der Waals surface area contributed by atoms with Gasteiger partial charge < -0.3 is 14.5 Å². The first-order valence-electron chi connectivity index (χ1n) is 8.43. The molecule has 9 heteroatoms. The number of hydrogen-bond acceptors (Lipinski definition) is 7. The summed E-state index contributed by atoms with van der Waals surface area (Å²) < 4.78 is 5.05. The molecule has 2 aromatic rings. The zero-order valence-corrected chi connectivity index (χ0v) is 16.7. The molecule has 1 N–H and O–H groups in total. The molecule has 142 valence electrons. The average Bonchev–Trinajstić information content (AvgIpc) is 2.69. The summed E-state index contributed by atoms with van der Waals surface area (Å²) in [5, 5.41) is 2.60. The Morgan fingerprint density at radius 2 is 1.81 bits per heavy atom. The van der Waals surface area contributed by atoms with Crippen LogP contribution in [0.15, 0.2) is 34.9 Å². The Morgan fingerprint density at radius 3 is 2.44 bits per heavy atom. The van der Waals surface area contributed by atoms with Gasteiger partial charge in [0, 0.05) is 43.6 Å². The van der Waals surface area contributed by atoms with Crippen LogP contribution in [-0.4, -0.2) is 67.1 Å². The first-order valence-corrected chi connectivity index (χ1v) is 9.23. The van der Waals surface area contributed by atoms with Gasteiger partial charge in [-0.2, -0.15) is 0 Å². The molecule has 0 radical (unpaired) electrons. The van der Waals surface area contributed by atoms with Crippen LogP contribution >= 0.6 is 15.9 Å². The maximum absolute atomic E-state index is 12.4. The fraction of sp³-hybridized carbons (Fsp3) is 0.333. The molecule has 0 spiro atoms. The van der Waals surface area contributed by atoms with Crippen molar-refractivity contribution in [2.75, 3.05) is 50.6 Å². The molecule has 1 aliphatic rings.